The molecule has 0 radical (unpaired) electrons. The van der Waals surface area contributed by atoms with Crippen molar-refractivity contribution in [3.63, 3.8) is 0 Å². The van der Waals surface area contributed by atoms with Crippen LogP contribution in [0.15, 0.2) is 35.2 Å². The lowest BCUT2D eigenvalue weighted by molar-refractivity contribution is 0.161. The Balaban J connectivity index is 1.87. The van der Waals surface area contributed by atoms with E-state index in [-0.39, 0.29) is 5.54 Å². The maximum atomic E-state index is 3.77. The van der Waals surface area contributed by atoms with Crippen molar-refractivity contribution in [1.29, 1.82) is 0 Å². The molecule has 1 aliphatic carbocycles. The van der Waals surface area contributed by atoms with Gasteiger partial charge in [0, 0.05) is 17.0 Å². The molecule has 1 aliphatic rings. The summed E-state index contributed by atoms with van der Waals surface area (Å²) in [5.41, 5.74) is 0.768. The highest BCUT2D eigenvalue weighted by Gasteiger charge is 2.32. The molecule has 2 heteroatoms. The maximum Gasteiger partial charge on any atom is 0.00967 e. The highest BCUT2D eigenvalue weighted by atomic mass is 32.2. The monoisotopic (exact) mass is 305 g/mol. The lowest BCUT2D eigenvalue weighted by atomic mass is 9.72. The van der Waals surface area contributed by atoms with Gasteiger partial charge in [0.25, 0.3) is 0 Å². The second-order valence-electron chi connectivity index (χ2n) is 7.58. The van der Waals surface area contributed by atoms with Crippen molar-refractivity contribution in [2.75, 3.05) is 12.3 Å². The Labute approximate surface area is 135 Å². The molecule has 1 aromatic carbocycles. The molecule has 1 nitrogen and oxygen atoms in total. The summed E-state index contributed by atoms with van der Waals surface area (Å²) in [5.74, 6) is 1.25. The van der Waals surface area contributed by atoms with E-state index in [4.69, 9.17) is 0 Å². The molecule has 0 unspecified atom stereocenters. The van der Waals surface area contributed by atoms with Crippen molar-refractivity contribution in [2.24, 2.45) is 5.41 Å². The second-order valence-corrected chi connectivity index (χ2v) is 8.74. The fourth-order valence-corrected chi connectivity index (χ4v) is 4.29. The number of nitrogens with one attached hydrogen (secondary N) is 1. The molecule has 118 valence electrons. The molecular weight excluding hydrogens is 274 g/mol. The zero-order valence-corrected chi connectivity index (χ0v) is 14.8. The summed E-state index contributed by atoms with van der Waals surface area (Å²) in [6, 6.07) is 10.8. The predicted octanol–water partition coefficient (Wildman–Crippen LogP) is 5.51. The Kier molecular flexibility index (Phi) is 6.19. The standard InChI is InChI=1S/C19H31NS/c1-18(2,3)20-16-19(12-8-5-9-13-19)14-15-21-17-10-6-4-7-11-17/h4,6-7,10-11,20H,5,8-9,12-16H2,1-3H3. The van der Waals surface area contributed by atoms with Crippen molar-refractivity contribution < 1.29 is 0 Å². The van der Waals surface area contributed by atoms with Gasteiger partial charge in [0.2, 0.25) is 0 Å². The van der Waals surface area contributed by atoms with Crippen LogP contribution in [0.4, 0.5) is 0 Å². The molecule has 1 saturated carbocycles. The van der Waals surface area contributed by atoms with E-state index >= 15 is 0 Å². The van der Waals surface area contributed by atoms with Crippen LogP contribution in [-0.4, -0.2) is 17.8 Å². The molecule has 0 aromatic heterocycles. The van der Waals surface area contributed by atoms with Crippen LogP contribution >= 0.6 is 11.8 Å². The molecule has 0 atom stereocenters. The first kappa shape index (κ1) is 16.9. The Hall–Kier alpha value is -0.470. The van der Waals surface area contributed by atoms with Gasteiger partial charge in [-0.15, -0.1) is 11.8 Å². The Bertz CT molecular complexity index is 401. The van der Waals surface area contributed by atoms with Gasteiger partial charge >= 0.3 is 0 Å². The summed E-state index contributed by atoms with van der Waals surface area (Å²) in [6.45, 7) is 8.03. The van der Waals surface area contributed by atoms with Gasteiger partial charge in [-0.1, -0.05) is 37.5 Å². The van der Waals surface area contributed by atoms with E-state index in [1.54, 1.807) is 0 Å². The first-order valence-corrected chi connectivity index (χ1v) is 9.41. The fraction of sp³-hybridized carbons (Fsp3) is 0.684. The molecule has 0 heterocycles. The molecule has 0 aliphatic heterocycles. The van der Waals surface area contributed by atoms with E-state index in [0.717, 1.165) is 0 Å². The number of hydrogen-bond acceptors (Lipinski definition) is 2. The summed E-state index contributed by atoms with van der Waals surface area (Å²) >= 11 is 2.02. The van der Waals surface area contributed by atoms with Crippen LogP contribution in [0.5, 0.6) is 0 Å². The molecule has 2 rings (SSSR count). The smallest absolute Gasteiger partial charge is 0.00967 e. The van der Waals surface area contributed by atoms with Gasteiger partial charge in [0.05, 0.1) is 0 Å². The van der Waals surface area contributed by atoms with E-state index in [1.807, 2.05) is 11.8 Å². The molecule has 1 fully saturated rings. The molecule has 0 spiro atoms. The van der Waals surface area contributed by atoms with Crippen LogP contribution in [0.25, 0.3) is 0 Å². The van der Waals surface area contributed by atoms with Gasteiger partial charge in [-0.05, 0) is 63.3 Å². The Morgan fingerprint density at radius 1 is 1.05 bits per heavy atom. The van der Waals surface area contributed by atoms with Crippen LogP contribution in [0, 0.1) is 5.41 Å². The van der Waals surface area contributed by atoms with Crippen molar-refractivity contribution in [2.45, 2.75) is 69.7 Å². The van der Waals surface area contributed by atoms with Gasteiger partial charge in [0.15, 0.2) is 0 Å². The summed E-state index contributed by atoms with van der Waals surface area (Å²) in [6.07, 6.45) is 8.43. The van der Waals surface area contributed by atoms with E-state index in [1.165, 1.54) is 55.7 Å². The van der Waals surface area contributed by atoms with Crippen LogP contribution in [0.1, 0.15) is 59.3 Å². The van der Waals surface area contributed by atoms with E-state index in [0.29, 0.717) is 5.41 Å². The molecular formula is C19H31NS. The first-order valence-electron chi connectivity index (χ1n) is 8.42. The number of thioether (sulfide) groups is 1. The van der Waals surface area contributed by atoms with Crippen LogP contribution in [0.2, 0.25) is 0 Å². The molecule has 0 saturated heterocycles. The van der Waals surface area contributed by atoms with Crippen LogP contribution < -0.4 is 5.32 Å². The molecule has 0 bridgehead atoms. The molecule has 1 aromatic rings. The largest absolute Gasteiger partial charge is 0.312 e. The lowest BCUT2D eigenvalue weighted by Gasteiger charge is -2.40. The zero-order valence-electron chi connectivity index (χ0n) is 14.0. The summed E-state index contributed by atoms with van der Waals surface area (Å²) in [5, 5.41) is 3.77. The fourth-order valence-electron chi connectivity index (χ4n) is 3.17. The average Bonchev–Trinajstić information content (AvgIpc) is 2.47. The quantitative estimate of drug-likeness (QED) is 0.696. The SMILES string of the molecule is CC(C)(C)NCC1(CCSc2ccccc2)CCCCC1. The molecule has 0 amide bonds. The van der Waals surface area contributed by atoms with Gasteiger partial charge in [0.1, 0.15) is 0 Å². The van der Waals surface area contributed by atoms with Crippen molar-refractivity contribution in [1.82, 2.24) is 5.32 Å². The minimum absolute atomic E-state index is 0.233. The van der Waals surface area contributed by atoms with Crippen molar-refractivity contribution in [3.8, 4) is 0 Å². The first-order chi connectivity index (χ1) is 9.99. The predicted molar refractivity (Wildman–Crippen MR) is 95.1 cm³/mol. The number of benzene rings is 1. The Morgan fingerprint density at radius 2 is 1.71 bits per heavy atom. The highest BCUT2D eigenvalue weighted by molar-refractivity contribution is 7.99. The molecule has 1 N–H and O–H groups in total. The van der Waals surface area contributed by atoms with Crippen molar-refractivity contribution >= 4 is 11.8 Å². The van der Waals surface area contributed by atoms with E-state index in [2.05, 4.69) is 56.4 Å². The van der Waals surface area contributed by atoms with E-state index < -0.39 is 0 Å². The van der Waals surface area contributed by atoms with Gasteiger partial charge in [-0.25, -0.2) is 0 Å². The Morgan fingerprint density at radius 3 is 2.33 bits per heavy atom. The maximum absolute atomic E-state index is 3.77. The third-order valence-corrected chi connectivity index (χ3v) is 5.57. The normalized spacial score (nSPS) is 18.6. The van der Waals surface area contributed by atoms with Crippen LogP contribution in [-0.2, 0) is 0 Å². The topological polar surface area (TPSA) is 12.0 Å². The lowest BCUT2D eigenvalue weighted by Crippen LogP contribution is -2.45. The minimum Gasteiger partial charge on any atom is -0.312 e. The number of rotatable bonds is 6. The third kappa shape index (κ3) is 6.04. The average molecular weight is 306 g/mol. The summed E-state index contributed by atoms with van der Waals surface area (Å²) in [7, 11) is 0. The van der Waals surface area contributed by atoms with Gasteiger partial charge < -0.3 is 5.32 Å². The second kappa shape index (κ2) is 7.69. The third-order valence-electron chi connectivity index (χ3n) is 4.55. The van der Waals surface area contributed by atoms with Crippen LogP contribution in [0.3, 0.4) is 0 Å². The highest BCUT2D eigenvalue weighted by Crippen LogP contribution is 2.40. The van der Waals surface area contributed by atoms with E-state index in [9.17, 15) is 0 Å². The summed E-state index contributed by atoms with van der Waals surface area (Å²) in [4.78, 5) is 1.41. The minimum atomic E-state index is 0.233. The van der Waals surface area contributed by atoms with Gasteiger partial charge in [-0.3, -0.25) is 0 Å². The molecule has 21 heavy (non-hydrogen) atoms. The zero-order chi connectivity index (χ0) is 15.2. The van der Waals surface area contributed by atoms with Crippen molar-refractivity contribution in [3.05, 3.63) is 30.3 Å². The number of hydrogen-bond donors (Lipinski definition) is 1. The van der Waals surface area contributed by atoms with Gasteiger partial charge in [-0.2, -0.15) is 0 Å². The summed E-state index contributed by atoms with van der Waals surface area (Å²) < 4.78 is 0.